The van der Waals surface area contributed by atoms with Crippen molar-refractivity contribution in [3.8, 4) is 5.75 Å². The SMILES string of the molecule is Cc1cc(C)c(NC(=O)COc2ccc(/C=C3\SC(=S)N([C@@H](C)c4ccccc4)C3=O)cc2)c(C)c1. The third kappa shape index (κ3) is 5.86. The Morgan fingerprint density at radius 1 is 1.06 bits per heavy atom. The fraction of sp³-hybridized carbons (Fsp3) is 0.207. The van der Waals surface area contributed by atoms with Crippen LogP contribution in [0.15, 0.2) is 71.6 Å². The first kappa shape index (κ1) is 25.7. The predicted molar refractivity (Wildman–Crippen MR) is 151 cm³/mol. The summed E-state index contributed by atoms with van der Waals surface area (Å²) in [6.45, 7) is 7.87. The van der Waals surface area contributed by atoms with Crippen molar-refractivity contribution in [3.63, 3.8) is 0 Å². The van der Waals surface area contributed by atoms with Gasteiger partial charge in [0.15, 0.2) is 6.61 Å². The molecule has 0 unspecified atom stereocenters. The minimum absolute atomic E-state index is 0.0951. The Bertz CT molecular complexity index is 1310. The lowest BCUT2D eigenvalue weighted by Gasteiger charge is -2.23. The molecule has 3 aromatic carbocycles. The maximum Gasteiger partial charge on any atom is 0.266 e. The summed E-state index contributed by atoms with van der Waals surface area (Å²) in [5.41, 5.74) is 5.91. The van der Waals surface area contributed by atoms with Gasteiger partial charge in [0.25, 0.3) is 11.8 Å². The van der Waals surface area contributed by atoms with E-state index in [2.05, 4.69) is 5.32 Å². The molecule has 36 heavy (non-hydrogen) atoms. The molecule has 1 atom stereocenters. The van der Waals surface area contributed by atoms with Gasteiger partial charge in [-0.25, -0.2) is 0 Å². The van der Waals surface area contributed by atoms with Crippen molar-refractivity contribution in [3.05, 3.63) is 99.5 Å². The molecule has 1 heterocycles. The van der Waals surface area contributed by atoms with Crippen molar-refractivity contribution in [2.45, 2.75) is 33.7 Å². The lowest BCUT2D eigenvalue weighted by Crippen LogP contribution is -2.30. The smallest absolute Gasteiger partial charge is 0.266 e. The van der Waals surface area contributed by atoms with Gasteiger partial charge in [-0.3, -0.25) is 14.5 Å². The number of anilines is 1. The molecule has 0 radical (unpaired) electrons. The maximum atomic E-state index is 13.1. The number of hydrogen-bond donors (Lipinski definition) is 1. The average molecular weight is 517 g/mol. The van der Waals surface area contributed by atoms with E-state index in [9.17, 15) is 9.59 Å². The van der Waals surface area contributed by atoms with Gasteiger partial charge in [-0.05, 0) is 68.2 Å². The second-order valence-electron chi connectivity index (χ2n) is 8.82. The van der Waals surface area contributed by atoms with E-state index >= 15 is 0 Å². The van der Waals surface area contributed by atoms with Crippen LogP contribution in [-0.4, -0.2) is 27.6 Å². The summed E-state index contributed by atoms with van der Waals surface area (Å²) < 4.78 is 6.22. The van der Waals surface area contributed by atoms with Gasteiger partial charge in [-0.15, -0.1) is 0 Å². The average Bonchev–Trinajstić information content (AvgIpc) is 3.13. The highest BCUT2D eigenvalue weighted by atomic mass is 32.2. The fourth-order valence-corrected chi connectivity index (χ4v) is 5.63. The third-order valence-corrected chi connectivity index (χ3v) is 7.31. The molecule has 0 saturated carbocycles. The molecule has 0 spiro atoms. The number of aryl methyl sites for hydroxylation is 3. The van der Waals surface area contributed by atoms with Crippen LogP contribution in [0.3, 0.4) is 0 Å². The van der Waals surface area contributed by atoms with Crippen LogP contribution in [-0.2, 0) is 9.59 Å². The van der Waals surface area contributed by atoms with Crippen molar-refractivity contribution >= 4 is 51.9 Å². The highest BCUT2D eigenvalue weighted by Gasteiger charge is 2.35. The molecule has 1 fully saturated rings. The van der Waals surface area contributed by atoms with Crippen LogP contribution in [0, 0.1) is 20.8 Å². The summed E-state index contributed by atoms with van der Waals surface area (Å²) in [6, 6.07) is 21.1. The largest absolute Gasteiger partial charge is 0.484 e. The maximum absolute atomic E-state index is 13.1. The number of benzene rings is 3. The van der Waals surface area contributed by atoms with Gasteiger partial charge >= 0.3 is 0 Å². The Hall–Kier alpha value is -3.42. The summed E-state index contributed by atoms with van der Waals surface area (Å²) >= 11 is 6.81. The zero-order chi connectivity index (χ0) is 25.8. The Labute approximate surface area is 221 Å². The number of thiocarbonyl (C=S) groups is 1. The monoisotopic (exact) mass is 516 g/mol. The molecule has 7 heteroatoms. The van der Waals surface area contributed by atoms with Gasteiger partial charge in [0, 0.05) is 5.69 Å². The van der Waals surface area contributed by atoms with E-state index in [0.717, 1.165) is 33.5 Å². The molecule has 0 bridgehead atoms. The summed E-state index contributed by atoms with van der Waals surface area (Å²) in [4.78, 5) is 27.7. The molecule has 184 valence electrons. The molecule has 1 aliphatic rings. The third-order valence-electron chi connectivity index (χ3n) is 5.98. The number of rotatable bonds is 7. The number of carbonyl (C=O) groups is 2. The van der Waals surface area contributed by atoms with Crippen LogP contribution in [0.4, 0.5) is 5.69 Å². The number of ether oxygens (including phenoxy) is 1. The van der Waals surface area contributed by atoms with E-state index in [1.54, 1.807) is 17.0 Å². The van der Waals surface area contributed by atoms with Crippen molar-refractivity contribution < 1.29 is 14.3 Å². The van der Waals surface area contributed by atoms with Crippen molar-refractivity contribution in [2.75, 3.05) is 11.9 Å². The highest BCUT2D eigenvalue weighted by molar-refractivity contribution is 8.26. The molecule has 4 rings (SSSR count). The molecule has 1 N–H and O–H groups in total. The van der Waals surface area contributed by atoms with Crippen molar-refractivity contribution in [1.29, 1.82) is 0 Å². The molecule has 0 aromatic heterocycles. The van der Waals surface area contributed by atoms with E-state index in [4.69, 9.17) is 17.0 Å². The standard InChI is InChI=1S/C29H28N2O3S2/c1-18-14-19(2)27(20(3)15-18)30-26(32)17-34-24-12-10-22(11-13-24)16-25-28(33)31(29(35)36-25)21(4)23-8-6-5-7-9-23/h5-16,21H,17H2,1-4H3,(H,30,32)/b25-16-/t21-/m0/s1. The minimum Gasteiger partial charge on any atom is -0.484 e. The van der Waals surface area contributed by atoms with Crippen LogP contribution in [0.5, 0.6) is 5.75 Å². The van der Waals surface area contributed by atoms with E-state index < -0.39 is 0 Å². The Morgan fingerprint density at radius 3 is 2.33 bits per heavy atom. The fourth-order valence-electron chi connectivity index (χ4n) is 4.21. The number of nitrogens with one attached hydrogen (secondary N) is 1. The topological polar surface area (TPSA) is 58.6 Å². The lowest BCUT2D eigenvalue weighted by atomic mass is 10.1. The van der Waals surface area contributed by atoms with Gasteiger partial charge in [0.05, 0.1) is 10.9 Å². The zero-order valence-corrected chi connectivity index (χ0v) is 22.3. The second kappa shape index (κ2) is 11.1. The van der Waals surface area contributed by atoms with Gasteiger partial charge in [0.1, 0.15) is 10.1 Å². The van der Waals surface area contributed by atoms with Gasteiger partial charge in [-0.2, -0.15) is 0 Å². The van der Waals surface area contributed by atoms with E-state index in [1.807, 2.05) is 88.4 Å². The first-order valence-electron chi connectivity index (χ1n) is 11.7. The van der Waals surface area contributed by atoms with E-state index in [0.29, 0.717) is 15.0 Å². The lowest BCUT2D eigenvalue weighted by molar-refractivity contribution is -0.123. The number of carbonyl (C=O) groups excluding carboxylic acids is 2. The summed E-state index contributed by atoms with van der Waals surface area (Å²) in [5.74, 6) is 0.260. The minimum atomic E-state index is -0.217. The number of nitrogens with zero attached hydrogens (tertiary/aromatic N) is 1. The van der Waals surface area contributed by atoms with E-state index in [1.165, 1.54) is 11.8 Å². The summed E-state index contributed by atoms with van der Waals surface area (Å²) in [6.07, 6.45) is 1.83. The molecular weight excluding hydrogens is 488 g/mol. The van der Waals surface area contributed by atoms with Gasteiger partial charge < -0.3 is 10.1 Å². The van der Waals surface area contributed by atoms with Crippen molar-refractivity contribution in [1.82, 2.24) is 4.90 Å². The van der Waals surface area contributed by atoms with Crippen LogP contribution < -0.4 is 10.1 Å². The number of hydrogen-bond acceptors (Lipinski definition) is 5. The van der Waals surface area contributed by atoms with Crippen LogP contribution >= 0.6 is 24.0 Å². The van der Waals surface area contributed by atoms with Crippen LogP contribution in [0.25, 0.3) is 6.08 Å². The molecule has 5 nitrogen and oxygen atoms in total. The second-order valence-corrected chi connectivity index (χ2v) is 10.5. The molecule has 3 aromatic rings. The van der Waals surface area contributed by atoms with Gasteiger partial charge in [0.2, 0.25) is 0 Å². The molecular formula is C29H28N2O3S2. The first-order chi connectivity index (χ1) is 17.2. The van der Waals surface area contributed by atoms with Crippen LogP contribution in [0.2, 0.25) is 0 Å². The highest BCUT2D eigenvalue weighted by Crippen LogP contribution is 2.38. The van der Waals surface area contributed by atoms with Crippen molar-refractivity contribution in [2.24, 2.45) is 0 Å². The quantitative estimate of drug-likeness (QED) is 0.284. The van der Waals surface area contributed by atoms with Crippen LogP contribution in [0.1, 0.15) is 40.8 Å². The Kier molecular flexibility index (Phi) is 7.91. The summed E-state index contributed by atoms with van der Waals surface area (Å²) in [5, 5.41) is 2.94. The summed E-state index contributed by atoms with van der Waals surface area (Å²) in [7, 11) is 0. The predicted octanol–water partition coefficient (Wildman–Crippen LogP) is 6.59. The Morgan fingerprint density at radius 2 is 1.69 bits per heavy atom. The number of amides is 2. The Balaban J connectivity index is 1.37. The molecule has 1 saturated heterocycles. The van der Waals surface area contributed by atoms with Gasteiger partial charge in [-0.1, -0.05) is 84.1 Å². The molecule has 1 aliphatic heterocycles. The molecule has 0 aliphatic carbocycles. The zero-order valence-electron chi connectivity index (χ0n) is 20.7. The number of thioether (sulfide) groups is 1. The first-order valence-corrected chi connectivity index (χ1v) is 12.9. The molecule has 2 amide bonds. The van der Waals surface area contributed by atoms with E-state index in [-0.39, 0.29) is 24.5 Å². The normalized spacial score (nSPS) is 15.3.